The molecule has 0 aromatic carbocycles. The Morgan fingerprint density at radius 2 is 1.74 bits per heavy atom. The van der Waals surface area contributed by atoms with Crippen LogP contribution in [0.1, 0.15) is 40.5 Å². The summed E-state index contributed by atoms with van der Waals surface area (Å²) in [5, 5.41) is 4.60. The van der Waals surface area contributed by atoms with Gasteiger partial charge in [0.15, 0.2) is 0 Å². The van der Waals surface area contributed by atoms with Crippen LogP contribution >= 0.6 is 0 Å². The van der Waals surface area contributed by atoms with E-state index >= 15 is 0 Å². The van der Waals surface area contributed by atoms with Crippen LogP contribution in [0.25, 0.3) is 0 Å². The molecule has 6 heteroatoms. The lowest BCUT2D eigenvalue weighted by molar-refractivity contribution is -0.134. The van der Waals surface area contributed by atoms with E-state index in [1.807, 2.05) is 0 Å². The highest BCUT2D eigenvalue weighted by Gasteiger charge is 2.68. The second-order valence-electron chi connectivity index (χ2n) is 7.01. The van der Waals surface area contributed by atoms with Crippen LogP contribution in [0.4, 0.5) is 0 Å². The highest BCUT2D eigenvalue weighted by molar-refractivity contribution is 7.89. The molecule has 0 aromatic rings. The van der Waals surface area contributed by atoms with Crippen LogP contribution in [0.3, 0.4) is 0 Å². The first-order valence-electron chi connectivity index (χ1n) is 6.80. The second-order valence-corrected chi connectivity index (χ2v) is 8.86. The van der Waals surface area contributed by atoms with Gasteiger partial charge in [0, 0.05) is 19.0 Å². The summed E-state index contributed by atoms with van der Waals surface area (Å²) in [4.78, 5) is 14.2. The molecule has 5 nitrogen and oxygen atoms in total. The predicted octanol–water partition coefficient (Wildman–Crippen LogP) is 0.948. The summed E-state index contributed by atoms with van der Waals surface area (Å²) in [7, 11) is -3.55. The fraction of sp³-hybridized carbons (Fsp3) is 0.923. The fourth-order valence-electron chi connectivity index (χ4n) is 3.40. The van der Waals surface area contributed by atoms with Crippen molar-refractivity contribution in [2.45, 2.75) is 45.8 Å². The first kappa shape index (κ1) is 14.8. The van der Waals surface area contributed by atoms with E-state index in [0.29, 0.717) is 19.4 Å². The number of primary sulfonamides is 1. The van der Waals surface area contributed by atoms with Gasteiger partial charge < -0.3 is 4.90 Å². The monoisotopic (exact) mass is 288 g/mol. The minimum absolute atomic E-state index is 0.0146. The fourth-order valence-corrected chi connectivity index (χ4v) is 4.29. The Bertz CT molecular complexity index is 482. The molecule has 2 rings (SSSR count). The molecule has 1 saturated carbocycles. The molecule has 2 fully saturated rings. The van der Waals surface area contributed by atoms with Gasteiger partial charge in [-0.05, 0) is 23.7 Å². The molecule has 1 amide bonds. The maximum absolute atomic E-state index is 12.6. The van der Waals surface area contributed by atoms with Gasteiger partial charge in [0.1, 0.15) is 0 Å². The van der Waals surface area contributed by atoms with E-state index in [0.717, 1.165) is 0 Å². The van der Waals surface area contributed by atoms with Gasteiger partial charge in [-0.25, -0.2) is 13.6 Å². The van der Waals surface area contributed by atoms with Crippen molar-refractivity contribution < 1.29 is 13.2 Å². The zero-order valence-corrected chi connectivity index (χ0v) is 13.0. The number of hydrogen-bond donors (Lipinski definition) is 1. The predicted molar refractivity (Wildman–Crippen MR) is 73.8 cm³/mol. The van der Waals surface area contributed by atoms with Gasteiger partial charge in [-0.15, -0.1) is 0 Å². The van der Waals surface area contributed by atoms with Crippen molar-refractivity contribution in [3.8, 4) is 0 Å². The number of rotatable bonds is 2. The van der Waals surface area contributed by atoms with Crippen LogP contribution in [-0.2, 0) is 14.8 Å². The minimum Gasteiger partial charge on any atom is -0.341 e. The Morgan fingerprint density at radius 3 is 2.16 bits per heavy atom. The molecule has 1 aliphatic heterocycles. The Kier molecular flexibility index (Phi) is 3.26. The standard InChI is InChI=1S/C13H24N2O3S/c1-12(2)10(13(12,3)4)11(16)15-7-5-6-9(8-15)19(14,17)18/h9-10H,5-8H2,1-4H3,(H2,14,17,18). The smallest absolute Gasteiger partial charge is 0.226 e. The van der Waals surface area contributed by atoms with Crippen LogP contribution in [0, 0.1) is 16.7 Å². The maximum Gasteiger partial charge on any atom is 0.226 e. The van der Waals surface area contributed by atoms with Gasteiger partial charge >= 0.3 is 0 Å². The van der Waals surface area contributed by atoms with Gasteiger partial charge in [-0.3, -0.25) is 4.79 Å². The van der Waals surface area contributed by atoms with Crippen molar-refractivity contribution in [1.82, 2.24) is 4.90 Å². The van der Waals surface area contributed by atoms with Crippen molar-refractivity contribution in [2.75, 3.05) is 13.1 Å². The number of likely N-dealkylation sites (tertiary alicyclic amines) is 1. The first-order valence-corrected chi connectivity index (χ1v) is 8.41. The minimum atomic E-state index is -3.55. The molecule has 110 valence electrons. The van der Waals surface area contributed by atoms with Gasteiger partial charge in [-0.2, -0.15) is 0 Å². The van der Waals surface area contributed by atoms with Crippen LogP contribution in [0.2, 0.25) is 0 Å². The summed E-state index contributed by atoms with van der Waals surface area (Å²) in [6.45, 7) is 9.27. The normalized spacial score (nSPS) is 30.2. The highest BCUT2D eigenvalue weighted by Crippen LogP contribution is 2.68. The molecule has 1 saturated heterocycles. The van der Waals surface area contributed by atoms with Crippen molar-refractivity contribution in [1.29, 1.82) is 0 Å². The number of amides is 1. The molecule has 2 aliphatic rings. The van der Waals surface area contributed by atoms with E-state index < -0.39 is 15.3 Å². The third kappa shape index (κ3) is 2.29. The van der Waals surface area contributed by atoms with E-state index in [1.165, 1.54) is 0 Å². The van der Waals surface area contributed by atoms with E-state index in [9.17, 15) is 13.2 Å². The Labute approximate surface area is 115 Å². The second kappa shape index (κ2) is 4.19. The van der Waals surface area contributed by atoms with Crippen LogP contribution in [-0.4, -0.2) is 37.6 Å². The van der Waals surface area contributed by atoms with Crippen molar-refractivity contribution in [2.24, 2.45) is 21.9 Å². The number of nitrogens with zero attached hydrogens (tertiary/aromatic N) is 1. The SMILES string of the molecule is CC1(C)C(C(=O)N2CCCC(S(N)(=O)=O)C2)C1(C)C. The third-order valence-electron chi connectivity index (χ3n) is 5.42. The lowest BCUT2D eigenvalue weighted by Gasteiger charge is -2.32. The summed E-state index contributed by atoms with van der Waals surface area (Å²) in [6, 6.07) is 0. The zero-order valence-electron chi connectivity index (χ0n) is 12.1. The number of sulfonamides is 1. The topological polar surface area (TPSA) is 80.5 Å². The number of carbonyl (C=O) groups is 1. The molecule has 19 heavy (non-hydrogen) atoms. The van der Waals surface area contributed by atoms with Crippen molar-refractivity contribution in [3.05, 3.63) is 0 Å². The largest absolute Gasteiger partial charge is 0.341 e. The van der Waals surface area contributed by atoms with E-state index in [4.69, 9.17) is 5.14 Å². The van der Waals surface area contributed by atoms with Crippen molar-refractivity contribution >= 4 is 15.9 Å². The van der Waals surface area contributed by atoms with E-state index in [2.05, 4.69) is 27.7 Å². The quantitative estimate of drug-likeness (QED) is 0.821. The summed E-state index contributed by atoms with van der Waals surface area (Å²) >= 11 is 0. The summed E-state index contributed by atoms with van der Waals surface area (Å²) in [5.74, 6) is 0.0718. The van der Waals surface area contributed by atoms with Crippen LogP contribution in [0.15, 0.2) is 0 Å². The summed E-state index contributed by atoms with van der Waals surface area (Å²) in [5.41, 5.74) is -0.0305. The molecule has 1 heterocycles. The summed E-state index contributed by atoms with van der Waals surface area (Å²) in [6.07, 6.45) is 1.26. The molecular weight excluding hydrogens is 264 g/mol. The molecule has 1 aliphatic carbocycles. The van der Waals surface area contributed by atoms with Crippen LogP contribution < -0.4 is 5.14 Å². The zero-order chi connectivity index (χ0) is 14.6. The number of carbonyl (C=O) groups excluding carboxylic acids is 1. The van der Waals surface area contributed by atoms with Crippen LogP contribution in [0.5, 0.6) is 0 Å². The Balaban J connectivity index is 2.10. The molecule has 1 atom stereocenters. The van der Waals surface area contributed by atoms with Gasteiger partial charge in [0.25, 0.3) is 0 Å². The lowest BCUT2D eigenvalue weighted by atomic mass is 10.0. The van der Waals surface area contributed by atoms with Gasteiger partial charge in [0.2, 0.25) is 15.9 Å². The molecule has 2 N–H and O–H groups in total. The Morgan fingerprint density at radius 1 is 1.21 bits per heavy atom. The average Bonchev–Trinajstić information content (AvgIpc) is 2.68. The third-order valence-corrected chi connectivity index (χ3v) is 6.74. The molecular formula is C13H24N2O3S. The van der Waals surface area contributed by atoms with Gasteiger partial charge in [0.05, 0.1) is 5.25 Å². The van der Waals surface area contributed by atoms with Crippen molar-refractivity contribution in [3.63, 3.8) is 0 Å². The average molecular weight is 288 g/mol. The first-order chi connectivity index (χ1) is 8.49. The van der Waals surface area contributed by atoms with Gasteiger partial charge in [-0.1, -0.05) is 27.7 Å². The Hall–Kier alpha value is -0.620. The molecule has 1 unspecified atom stereocenters. The summed E-state index contributed by atoms with van der Waals surface area (Å²) < 4.78 is 22.9. The maximum atomic E-state index is 12.6. The highest BCUT2D eigenvalue weighted by atomic mass is 32.2. The molecule has 0 spiro atoms. The van der Waals surface area contributed by atoms with E-state index in [-0.39, 0.29) is 29.2 Å². The molecule has 0 bridgehead atoms. The number of nitrogens with two attached hydrogens (primary N) is 1. The molecule has 0 aromatic heterocycles. The lowest BCUT2D eigenvalue weighted by Crippen LogP contribution is -2.48. The molecule has 0 radical (unpaired) electrons. The number of hydrogen-bond acceptors (Lipinski definition) is 3. The number of piperidine rings is 1. The van der Waals surface area contributed by atoms with E-state index in [1.54, 1.807) is 4.90 Å².